The molecule has 7 heteroatoms. The summed E-state index contributed by atoms with van der Waals surface area (Å²) in [5.41, 5.74) is 3.48. The Morgan fingerprint density at radius 1 is 1.24 bits per heavy atom. The molecule has 2 heterocycles. The number of nitrogens with one attached hydrogen (secondary N) is 4. The van der Waals surface area contributed by atoms with Crippen LogP contribution in [0, 0.1) is 11.5 Å². The molecule has 0 atom stereocenters. The summed E-state index contributed by atoms with van der Waals surface area (Å²) in [6.07, 6.45) is 10.1. The quantitative estimate of drug-likeness (QED) is 0.174. The third-order valence-electron chi connectivity index (χ3n) is 3.97. The fourth-order valence-corrected chi connectivity index (χ4v) is 2.73. The van der Waals surface area contributed by atoms with Crippen LogP contribution >= 0.6 is 0 Å². The summed E-state index contributed by atoms with van der Waals surface area (Å²) in [5.74, 6) is 0.520. The SMILES string of the molecule is N#CNC(=NCCCc1cnc[nH]1)NCCc1c[nH]c2ccccc12. The minimum atomic E-state index is 0.520. The van der Waals surface area contributed by atoms with Crippen LogP contribution in [-0.2, 0) is 12.8 Å². The van der Waals surface area contributed by atoms with Gasteiger partial charge in [-0.05, 0) is 30.9 Å². The van der Waals surface area contributed by atoms with Gasteiger partial charge in [0, 0.05) is 42.1 Å². The summed E-state index contributed by atoms with van der Waals surface area (Å²) in [4.78, 5) is 14.8. The minimum absolute atomic E-state index is 0.520. The first kappa shape index (κ1) is 16.6. The predicted molar refractivity (Wildman–Crippen MR) is 98.0 cm³/mol. The molecule has 0 radical (unpaired) electrons. The molecule has 1 aromatic carbocycles. The molecule has 3 aromatic rings. The first-order valence-corrected chi connectivity index (χ1v) is 8.32. The van der Waals surface area contributed by atoms with E-state index < -0.39 is 0 Å². The Morgan fingerprint density at radius 3 is 3.00 bits per heavy atom. The minimum Gasteiger partial charge on any atom is -0.361 e. The first-order valence-electron chi connectivity index (χ1n) is 8.32. The fourth-order valence-electron chi connectivity index (χ4n) is 2.73. The molecular formula is C18H21N7. The zero-order valence-corrected chi connectivity index (χ0v) is 13.9. The number of imidazole rings is 1. The number of nitrogens with zero attached hydrogens (tertiary/aromatic N) is 3. The van der Waals surface area contributed by atoms with E-state index in [2.05, 4.69) is 42.7 Å². The average Bonchev–Trinajstić information content (AvgIpc) is 3.29. The normalized spacial score (nSPS) is 11.4. The van der Waals surface area contributed by atoms with Gasteiger partial charge in [-0.2, -0.15) is 5.26 Å². The number of nitriles is 1. The van der Waals surface area contributed by atoms with Crippen molar-refractivity contribution in [2.45, 2.75) is 19.3 Å². The lowest BCUT2D eigenvalue weighted by Gasteiger charge is -2.07. The highest BCUT2D eigenvalue weighted by atomic mass is 15.2. The van der Waals surface area contributed by atoms with Crippen LogP contribution in [0.3, 0.4) is 0 Å². The Hall–Kier alpha value is -3.27. The second-order valence-corrected chi connectivity index (χ2v) is 5.68. The molecule has 0 fully saturated rings. The second kappa shape index (κ2) is 8.55. The van der Waals surface area contributed by atoms with Gasteiger partial charge in [0.2, 0.25) is 5.96 Å². The molecule has 3 rings (SSSR count). The van der Waals surface area contributed by atoms with Gasteiger partial charge < -0.3 is 15.3 Å². The van der Waals surface area contributed by atoms with Crippen LogP contribution in [0.1, 0.15) is 17.7 Å². The van der Waals surface area contributed by atoms with Crippen LogP contribution in [0.5, 0.6) is 0 Å². The van der Waals surface area contributed by atoms with Gasteiger partial charge in [-0.3, -0.25) is 10.3 Å². The number of aliphatic imine (C=N–C) groups is 1. The van der Waals surface area contributed by atoms with E-state index in [0.717, 1.165) is 30.5 Å². The van der Waals surface area contributed by atoms with Crippen molar-refractivity contribution in [3.8, 4) is 6.19 Å². The van der Waals surface area contributed by atoms with E-state index in [-0.39, 0.29) is 0 Å². The maximum atomic E-state index is 8.87. The molecule has 0 saturated carbocycles. The summed E-state index contributed by atoms with van der Waals surface area (Å²) < 4.78 is 0. The van der Waals surface area contributed by atoms with E-state index in [9.17, 15) is 0 Å². The highest BCUT2D eigenvalue weighted by molar-refractivity contribution is 5.83. The number of H-pyrrole nitrogens is 2. The molecule has 0 aliphatic heterocycles. The largest absolute Gasteiger partial charge is 0.361 e. The Labute approximate surface area is 146 Å². The third-order valence-corrected chi connectivity index (χ3v) is 3.97. The van der Waals surface area contributed by atoms with Crippen LogP contribution in [0.4, 0.5) is 0 Å². The van der Waals surface area contributed by atoms with Crippen LogP contribution in [0.2, 0.25) is 0 Å². The zero-order valence-electron chi connectivity index (χ0n) is 13.9. The van der Waals surface area contributed by atoms with Crippen LogP contribution in [0.25, 0.3) is 10.9 Å². The summed E-state index contributed by atoms with van der Waals surface area (Å²) in [5, 5.41) is 15.9. The van der Waals surface area contributed by atoms with Crippen LogP contribution in [0.15, 0.2) is 48.0 Å². The van der Waals surface area contributed by atoms with Gasteiger partial charge in [0.1, 0.15) is 0 Å². The van der Waals surface area contributed by atoms with Crippen molar-refractivity contribution >= 4 is 16.9 Å². The number of hydrogen-bond acceptors (Lipinski definition) is 3. The van der Waals surface area contributed by atoms with E-state index in [1.165, 1.54) is 10.9 Å². The number of fused-ring (bicyclic) bond motifs is 1. The number of aryl methyl sites for hydroxylation is 1. The van der Waals surface area contributed by atoms with Gasteiger partial charge in [-0.1, -0.05) is 18.2 Å². The van der Waals surface area contributed by atoms with Crippen LogP contribution in [-0.4, -0.2) is 34.0 Å². The van der Waals surface area contributed by atoms with Crippen molar-refractivity contribution in [3.63, 3.8) is 0 Å². The van der Waals surface area contributed by atoms with Gasteiger partial charge in [-0.25, -0.2) is 4.98 Å². The van der Waals surface area contributed by atoms with E-state index in [1.807, 2.05) is 30.7 Å². The number of hydrogen-bond donors (Lipinski definition) is 4. The highest BCUT2D eigenvalue weighted by Gasteiger charge is 2.03. The van der Waals surface area contributed by atoms with E-state index in [1.54, 1.807) is 6.33 Å². The standard InChI is InChI=1S/C18H21N7/c19-12-24-18(21-8-3-4-15-11-20-13-25-15)22-9-7-14-10-23-17-6-2-1-5-16(14)17/h1-2,5-6,10-11,13,23H,3-4,7-9H2,(H,20,25)(H2,21,22,24). The van der Waals surface area contributed by atoms with E-state index >= 15 is 0 Å². The van der Waals surface area contributed by atoms with Crippen molar-refractivity contribution in [2.75, 3.05) is 13.1 Å². The van der Waals surface area contributed by atoms with Gasteiger partial charge in [0.15, 0.2) is 6.19 Å². The van der Waals surface area contributed by atoms with E-state index in [4.69, 9.17) is 5.26 Å². The second-order valence-electron chi connectivity index (χ2n) is 5.68. The molecule has 0 aliphatic carbocycles. The third kappa shape index (κ3) is 4.61. The lowest BCUT2D eigenvalue weighted by Crippen LogP contribution is -2.36. The zero-order chi connectivity index (χ0) is 17.3. The molecule has 0 saturated heterocycles. The summed E-state index contributed by atoms with van der Waals surface area (Å²) >= 11 is 0. The topological polar surface area (TPSA) is 105 Å². The maximum Gasteiger partial charge on any atom is 0.204 e. The van der Waals surface area contributed by atoms with Gasteiger partial charge in [0.25, 0.3) is 0 Å². The van der Waals surface area contributed by atoms with E-state index in [0.29, 0.717) is 19.0 Å². The molecule has 7 nitrogen and oxygen atoms in total. The molecule has 25 heavy (non-hydrogen) atoms. The number of guanidine groups is 1. The number of para-hydroxylation sites is 1. The van der Waals surface area contributed by atoms with Gasteiger partial charge in [-0.15, -0.1) is 0 Å². The van der Waals surface area contributed by atoms with Gasteiger partial charge >= 0.3 is 0 Å². The molecule has 0 aliphatic rings. The molecular weight excluding hydrogens is 314 g/mol. The number of rotatable bonds is 7. The monoisotopic (exact) mass is 335 g/mol. The Morgan fingerprint density at radius 2 is 2.16 bits per heavy atom. The average molecular weight is 335 g/mol. The lowest BCUT2D eigenvalue weighted by atomic mass is 10.1. The van der Waals surface area contributed by atoms with Crippen molar-refractivity contribution in [2.24, 2.45) is 4.99 Å². The molecule has 0 bridgehead atoms. The van der Waals surface area contributed by atoms with Crippen molar-refractivity contribution < 1.29 is 0 Å². The summed E-state index contributed by atoms with van der Waals surface area (Å²) in [7, 11) is 0. The first-order chi connectivity index (χ1) is 12.4. The molecule has 0 unspecified atom stereocenters. The molecule has 128 valence electrons. The Kier molecular flexibility index (Phi) is 5.67. The smallest absolute Gasteiger partial charge is 0.204 e. The molecule has 2 aromatic heterocycles. The highest BCUT2D eigenvalue weighted by Crippen LogP contribution is 2.17. The molecule has 0 spiro atoms. The Balaban J connectivity index is 1.48. The fraction of sp³-hybridized carbons (Fsp3) is 0.278. The number of aromatic amines is 2. The summed E-state index contributed by atoms with van der Waals surface area (Å²) in [6, 6.07) is 8.23. The molecule has 4 N–H and O–H groups in total. The van der Waals surface area contributed by atoms with Gasteiger partial charge in [0.05, 0.1) is 6.33 Å². The van der Waals surface area contributed by atoms with Crippen molar-refractivity contribution in [1.82, 2.24) is 25.6 Å². The van der Waals surface area contributed by atoms with Crippen LogP contribution < -0.4 is 10.6 Å². The van der Waals surface area contributed by atoms with Crippen molar-refractivity contribution in [3.05, 3.63) is 54.2 Å². The van der Waals surface area contributed by atoms with Crippen molar-refractivity contribution in [1.29, 1.82) is 5.26 Å². The maximum absolute atomic E-state index is 8.87. The number of benzene rings is 1. The molecule has 0 amide bonds. The predicted octanol–water partition coefficient (Wildman–Crippen LogP) is 2.08. The lowest BCUT2D eigenvalue weighted by molar-refractivity contribution is 0.790. The Bertz CT molecular complexity index is 855. The summed E-state index contributed by atoms with van der Waals surface area (Å²) in [6.45, 7) is 1.35. The number of aromatic nitrogens is 3.